The maximum atomic E-state index is 10.9. The predicted molar refractivity (Wildman–Crippen MR) is 102 cm³/mol. The second-order valence-electron chi connectivity index (χ2n) is 5.39. The van der Waals surface area contributed by atoms with Gasteiger partial charge in [0.25, 0.3) is 0 Å². The predicted octanol–water partition coefficient (Wildman–Crippen LogP) is 0.322. The van der Waals surface area contributed by atoms with Gasteiger partial charge in [0.2, 0.25) is 10.0 Å². The van der Waals surface area contributed by atoms with Crippen molar-refractivity contribution in [1.29, 1.82) is 0 Å². The fraction of sp³-hybridized carbons (Fsp3) is 0.923. The smallest absolute Gasteiger partial charge is 0.210 e. The molecule has 9 heteroatoms. The topological polar surface area (TPSA) is 99.8 Å². The van der Waals surface area contributed by atoms with Crippen LogP contribution in [0.25, 0.3) is 0 Å². The first kappa shape index (κ1) is 21.9. The van der Waals surface area contributed by atoms with Crippen LogP contribution in [-0.4, -0.2) is 63.8 Å². The van der Waals surface area contributed by atoms with E-state index in [0.29, 0.717) is 12.0 Å². The highest BCUT2D eigenvalue weighted by molar-refractivity contribution is 14.0. The molecule has 4 N–H and O–H groups in total. The molecule has 1 aliphatic heterocycles. The molecule has 1 heterocycles. The second-order valence-corrected chi connectivity index (χ2v) is 7.12. The number of sulfonamides is 1. The molecule has 132 valence electrons. The molecule has 0 spiro atoms. The van der Waals surface area contributed by atoms with Crippen LogP contribution in [0.5, 0.6) is 0 Å². The van der Waals surface area contributed by atoms with Gasteiger partial charge in [0, 0.05) is 25.7 Å². The number of nitrogens with one attached hydrogen (secondary N) is 2. The molecule has 22 heavy (non-hydrogen) atoms. The van der Waals surface area contributed by atoms with Gasteiger partial charge in [0.1, 0.15) is 0 Å². The molecule has 7 nitrogen and oxygen atoms in total. The molecule has 0 aromatic carbocycles. The van der Waals surface area contributed by atoms with Crippen molar-refractivity contribution in [3.63, 3.8) is 0 Å². The van der Waals surface area contributed by atoms with Gasteiger partial charge in [-0.3, -0.25) is 4.99 Å². The van der Waals surface area contributed by atoms with Gasteiger partial charge in [-0.2, -0.15) is 0 Å². The monoisotopic (exact) mass is 447 g/mol. The fourth-order valence-corrected chi connectivity index (χ4v) is 2.76. The minimum Gasteiger partial charge on any atom is -0.357 e. The van der Waals surface area contributed by atoms with E-state index in [-0.39, 0.29) is 36.3 Å². The maximum absolute atomic E-state index is 10.9. The zero-order valence-corrected chi connectivity index (χ0v) is 16.7. The van der Waals surface area contributed by atoms with E-state index in [2.05, 4.69) is 27.4 Å². The van der Waals surface area contributed by atoms with E-state index in [1.165, 1.54) is 6.42 Å². The second kappa shape index (κ2) is 11.4. The first-order valence-corrected chi connectivity index (χ1v) is 9.43. The number of likely N-dealkylation sites (tertiary alicyclic amines) is 1. The Balaban J connectivity index is 0.00000441. The van der Waals surface area contributed by atoms with E-state index in [0.717, 1.165) is 39.0 Å². The van der Waals surface area contributed by atoms with Gasteiger partial charge in [-0.15, -0.1) is 24.0 Å². The quantitative estimate of drug-likeness (QED) is 0.297. The number of nitrogens with zero attached hydrogens (tertiary/aromatic N) is 2. The van der Waals surface area contributed by atoms with Gasteiger partial charge < -0.3 is 15.5 Å². The lowest BCUT2D eigenvalue weighted by atomic mass is 10.1. The summed E-state index contributed by atoms with van der Waals surface area (Å²) in [4.78, 5) is 6.75. The lowest BCUT2D eigenvalue weighted by Crippen LogP contribution is -2.48. The van der Waals surface area contributed by atoms with Crippen LogP contribution in [0.3, 0.4) is 0 Å². The van der Waals surface area contributed by atoms with Gasteiger partial charge >= 0.3 is 0 Å². The number of primary sulfonamides is 1. The van der Waals surface area contributed by atoms with Gasteiger partial charge in [-0.05, 0) is 32.7 Å². The lowest BCUT2D eigenvalue weighted by Gasteiger charge is -2.32. The molecule has 0 bridgehead atoms. The summed E-state index contributed by atoms with van der Waals surface area (Å²) < 4.78 is 21.8. The standard InChI is InChI=1S/C13H29N5O2S.HI/c1-3-8-18-9-5-12(6-10-18)17-13(15-4-2)16-7-11-21(14,19)20;/h12H,3-11H2,1-2H3,(H2,14,19,20)(H2,15,16,17);1H. The maximum Gasteiger partial charge on any atom is 0.210 e. The molecule has 0 unspecified atom stereocenters. The van der Waals surface area contributed by atoms with Gasteiger partial charge in [-0.25, -0.2) is 13.6 Å². The first-order valence-electron chi connectivity index (χ1n) is 7.72. The van der Waals surface area contributed by atoms with E-state index >= 15 is 0 Å². The van der Waals surface area contributed by atoms with Crippen LogP contribution in [0.2, 0.25) is 0 Å². The van der Waals surface area contributed by atoms with Crippen molar-refractivity contribution in [3.8, 4) is 0 Å². The molecule has 0 atom stereocenters. The molecule has 0 amide bonds. The minimum atomic E-state index is -3.45. The fourth-order valence-electron chi connectivity index (χ4n) is 2.42. The molecule has 1 aliphatic rings. The Morgan fingerprint density at radius 1 is 1.32 bits per heavy atom. The van der Waals surface area contributed by atoms with E-state index in [4.69, 9.17) is 5.14 Å². The number of nitrogens with two attached hydrogens (primary N) is 1. The van der Waals surface area contributed by atoms with E-state index in [9.17, 15) is 8.42 Å². The van der Waals surface area contributed by atoms with Crippen LogP contribution in [0, 0.1) is 0 Å². The zero-order valence-electron chi connectivity index (χ0n) is 13.5. The zero-order chi connectivity index (χ0) is 15.7. The summed E-state index contributed by atoms with van der Waals surface area (Å²) in [6, 6.07) is 0.394. The number of aliphatic imine (C=N–C) groups is 1. The number of halogens is 1. The summed E-state index contributed by atoms with van der Waals surface area (Å²) in [6.07, 6.45) is 3.36. The van der Waals surface area contributed by atoms with Crippen molar-refractivity contribution >= 4 is 40.0 Å². The van der Waals surface area contributed by atoms with Crippen molar-refractivity contribution in [2.45, 2.75) is 39.2 Å². The van der Waals surface area contributed by atoms with Crippen molar-refractivity contribution in [2.75, 3.05) is 38.5 Å². The highest BCUT2D eigenvalue weighted by Gasteiger charge is 2.19. The Morgan fingerprint density at radius 3 is 2.45 bits per heavy atom. The van der Waals surface area contributed by atoms with E-state index in [1.54, 1.807) is 0 Å². The van der Waals surface area contributed by atoms with Gasteiger partial charge in [-0.1, -0.05) is 6.92 Å². The molecule has 0 aromatic rings. The largest absolute Gasteiger partial charge is 0.357 e. The third-order valence-corrected chi connectivity index (χ3v) is 4.21. The van der Waals surface area contributed by atoms with E-state index < -0.39 is 10.0 Å². The third kappa shape index (κ3) is 9.80. The van der Waals surface area contributed by atoms with Crippen molar-refractivity contribution < 1.29 is 8.42 Å². The van der Waals surface area contributed by atoms with Crippen LogP contribution in [0.15, 0.2) is 4.99 Å². The average molecular weight is 447 g/mol. The van der Waals surface area contributed by atoms with Crippen LogP contribution in [-0.2, 0) is 10.0 Å². The summed E-state index contributed by atoms with van der Waals surface area (Å²) in [5.41, 5.74) is 0. The Kier molecular flexibility index (Phi) is 11.3. The number of guanidine groups is 1. The van der Waals surface area contributed by atoms with E-state index in [1.807, 2.05) is 6.92 Å². The Labute approximate surface area is 151 Å². The number of piperidine rings is 1. The third-order valence-electron chi connectivity index (χ3n) is 3.46. The van der Waals surface area contributed by atoms with Crippen LogP contribution < -0.4 is 15.8 Å². The van der Waals surface area contributed by atoms with Gasteiger partial charge in [0.05, 0.1) is 12.3 Å². The molecule has 0 aromatic heterocycles. The molecule has 0 saturated carbocycles. The summed E-state index contributed by atoms with van der Waals surface area (Å²) in [6.45, 7) is 8.48. The first-order chi connectivity index (χ1) is 9.94. The Hall–Kier alpha value is -0.130. The molecular formula is C13H30IN5O2S. The molecule has 1 rings (SSSR count). The summed E-state index contributed by atoms with van der Waals surface area (Å²) >= 11 is 0. The average Bonchev–Trinajstić information content (AvgIpc) is 2.40. The van der Waals surface area contributed by atoms with Crippen LogP contribution >= 0.6 is 24.0 Å². The van der Waals surface area contributed by atoms with Gasteiger partial charge in [0.15, 0.2) is 5.96 Å². The lowest BCUT2D eigenvalue weighted by molar-refractivity contribution is 0.206. The number of rotatable bonds is 7. The van der Waals surface area contributed by atoms with Crippen molar-refractivity contribution in [2.24, 2.45) is 10.1 Å². The van der Waals surface area contributed by atoms with Crippen molar-refractivity contribution in [1.82, 2.24) is 15.5 Å². The van der Waals surface area contributed by atoms with Crippen LogP contribution in [0.4, 0.5) is 0 Å². The number of hydrogen-bond acceptors (Lipinski definition) is 4. The minimum absolute atomic E-state index is 0. The van der Waals surface area contributed by atoms with Crippen molar-refractivity contribution in [3.05, 3.63) is 0 Å². The molecular weight excluding hydrogens is 417 g/mol. The summed E-state index contributed by atoms with van der Waals surface area (Å²) in [5.74, 6) is 0.550. The highest BCUT2D eigenvalue weighted by atomic mass is 127. The Morgan fingerprint density at radius 2 is 1.95 bits per heavy atom. The summed E-state index contributed by atoms with van der Waals surface area (Å²) in [7, 11) is -3.45. The molecule has 1 fully saturated rings. The summed E-state index contributed by atoms with van der Waals surface area (Å²) in [5, 5.41) is 11.5. The normalized spacial score (nSPS) is 17.9. The van der Waals surface area contributed by atoms with Crippen LogP contribution in [0.1, 0.15) is 33.1 Å². The molecule has 0 radical (unpaired) electrons. The SMILES string of the molecule is CCCN1CCC(NC(=NCCS(N)(=O)=O)NCC)CC1.I. The number of hydrogen-bond donors (Lipinski definition) is 3. The Bertz CT molecular complexity index is 422. The molecule has 1 saturated heterocycles. The molecule has 0 aliphatic carbocycles. The highest BCUT2D eigenvalue weighted by Crippen LogP contribution is 2.10.